The van der Waals surface area contributed by atoms with E-state index in [0.717, 1.165) is 30.3 Å². The fourth-order valence-corrected chi connectivity index (χ4v) is 1.93. The molecule has 4 nitrogen and oxygen atoms in total. The van der Waals surface area contributed by atoms with Gasteiger partial charge in [-0.2, -0.15) is 0 Å². The monoisotopic (exact) mass is 220 g/mol. The third-order valence-corrected chi connectivity index (χ3v) is 3.28. The van der Waals surface area contributed by atoms with E-state index in [1.165, 1.54) is 12.8 Å². The summed E-state index contributed by atoms with van der Waals surface area (Å²) in [6.07, 6.45) is 4.24. The first-order valence-corrected chi connectivity index (χ1v) is 5.90. The summed E-state index contributed by atoms with van der Waals surface area (Å²) in [6, 6.07) is 0.526. The second-order valence-corrected chi connectivity index (χ2v) is 4.68. The zero-order valence-corrected chi connectivity index (χ0v) is 10.3. The predicted octanol–water partition coefficient (Wildman–Crippen LogP) is 1.60. The highest BCUT2D eigenvalue weighted by molar-refractivity contribution is 5.29. The Morgan fingerprint density at radius 1 is 1.31 bits per heavy atom. The molecule has 0 amide bonds. The highest BCUT2D eigenvalue weighted by atomic mass is 15.2. The normalized spacial score (nSPS) is 18.7. The van der Waals surface area contributed by atoms with Gasteiger partial charge in [-0.05, 0) is 52.4 Å². The summed E-state index contributed by atoms with van der Waals surface area (Å²) in [7, 11) is 2.17. The molecule has 0 aromatic carbocycles. The summed E-state index contributed by atoms with van der Waals surface area (Å²) in [6.45, 7) is 6.37. The molecule has 0 unspecified atom stereocenters. The van der Waals surface area contributed by atoms with Gasteiger partial charge in [-0.25, -0.2) is 9.97 Å². The van der Waals surface area contributed by atoms with E-state index in [2.05, 4.69) is 27.2 Å². The van der Waals surface area contributed by atoms with Gasteiger partial charge in [0, 0.05) is 17.9 Å². The average molecular weight is 220 g/mol. The second kappa shape index (κ2) is 4.78. The number of nitrogens with zero attached hydrogens (tertiary/aromatic N) is 3. The summed E-state index contributed by atoms with van der Waals surface area (Å²) in [5.74, 6) is 0.776. The van der Waals surface area contributed by atoms with Crippen molar-refractivity contribution in [2.45, 2.75) is 32.7 Å². The third-order valence-electron chi connectivity index (χ3n) is 3.28. The van der Waals surface area contributed by atoms with Crippen LogP contribution >= 0.6 is 0 Å². The minimum atomic E-state index is 0.526. The first kappa shape index (κ1) is 11.3. The molecule has 1 aromatic heterocycles. The lowest BCUT2D eigenvalue weighted by atomic mass is 10.1. The number of aromatic nitrogens is 2. The lowest BCUT2D eigenvalue weighted by Crippen LogP contribution is -2.37. The molecule has 1 saturated heterocycles. The largest absolute Gasteiger partial charge is 0.351 e. The van der Waals surface area contributed by atoms with Gasteiger partial charge in [0.1, 0.15) is 0 Å². The van der Waals surface area contributed by atoms with E-state index in [1.54, 1.807) is 0 Å². The van der Waals surface area contributed by atoms with Crippen molar-refractivity contribution in [1.82, 2.24) is 14.9 Å². The van der Waals surface area contributed by atoms with Crippen LogP contribution in [0, 0.1) is 13.8 Å². The van der Waals surface area contributed by atoms with Crippen LogP contribution in [0.25, 0.3) is 0 Å². The third kappa shape index (κ3) is 2.70. The number of anilines is 1. The van der Waals surface area contributed by atoms with Crippen LogP contribution in [-0.4, -0.2) is 41.0 Å². The standard InChI is InChI=1S/C12H20N4/c1-9-8-13-12(14-10(9)2)15-11-4-6-16(3)7-5-11/h8,11H,4-7H2,1-3H3,(H,13,14,15). The van der Waals surface area contributed by atoms with Gasteiger partial charge in [-0.1, -0.05) is 0 Å². The number of rotatable bonds is 2. The first-order chi connectivity index (χ1) is 7.65. The molecule has 2 rings (SSSR count). The molecule has 0 saturated carbocycles. The van der Waals surface area contributed by atoms with Crippen LogP contribution in [-0.2, 0) is 0 Å². The number of piperidine rings is 1. The average Bonchev–Trinajstić information content (AvgIpc) is 2.27. The topological polar surface area (TPSA) is 41.1 Å². The van der Waals surface area contributed by atoms with Crippen LogP contribution in [0.2, 0.25) is 0 Å². The SMILES string of the molecule is Cc1cnc(NC2CCN(C)CC2)nc1C. The highest BCUT2D eigenvalue weighted by Crippen LogP contribution is 2.13. The minimum Gasteiger partial charge on any atom is -0.351 e. The molecular weight excluding hydrogens is 200 g/mol. The zero-order valence-electron chi connectivity index (χ0n) is 10.3. The van der Waals surface area contributed by atoms with Crippen molar-refractivity contribution in [2.24, 2.45) is 0 Å². The van der Waals surface area contributed by atoms with Gasteiger partial charge in [-0.15, -0.1) is 0 Å². The zero-order chi connectivity index (χ0) is 11.5. The fraction of sp³-hybridized carbons (Fsp3) is 0.667. The van der Waals surface area contributed by atoms with Crippen LogP contribution in [0.5, 0.6) is 0 Å². The Morgan fingerprint density at radius 3 is 2.62 bits per heavy atom. The maximum atomic E-state index is 4.45. The second-order valence-electron chi connectivity index (χ2n) is 4.68. The summed E-state index contributed by atoms with van der Waals surface area (Å²) < 4.78 is 0. The summed E-state index contributed by atoms with van der Waals surface area (Å²) >= 11 is 0. The van der Waals surface area contributed by atoms with Crippen molar-refractivity contribution in [3.05, 3.63) is 17.5 Å². The van der Waals surface area contributed by atoms with Crippen LogP contribution in [0.4, 0.5) is 5.95 Å². The van der Waals surface area contributed by atoms with Crippen molar-refractivity contribution < 1.29 is 0 Å². The van der Waals surface area contributed by atoms with Crippen molar-refractivity contribution in [3.63, 3.8) is 0 Å². The quantitative estimate of drug-likeness (QED) is 0.822. The van der Waals surface area contributed by atoms with E-state index in [9.17, 15) is 0 Å². The summed E-state index contributed by atoms with van der Waals surface area (Å²) in [4.78, 5) is 11.1. The molecule has 0 aliphatic carbocycles. The maximum Gasteiger partial charge on any atom is 0.223 e. The molecule has 0 atom stereocenters. The maximum absolute atomic E-state index is 4.45. The smallest absolute Gasteiger partial charge is 0.223 e. The number of aryl methyl sites for hydroxylation is 2. The first-order valence-electron chi connectivity index (χ1n) is 5.90. The van der Waals surface area contributed by atoms with Crippen LogP contribution in [0.15, 0.2) is 6.20 Å². The van der Waals surface area contributed by atoms with E-state index >= 15 is 0 Å². The summed E-state index contributed by atoms with van der Waals surface area (Å²) in [5, 5.41) is 3.42. The lowest BCUT2D eigenvalue weighted by molar-refractivity contribution is 0.263. The van der Waals surface area contributed by atoms with E-state index < -0.39 is 0 Å². The number of hydrogen-bond donors (Lipinski definition) is 1. The van der Waals surface area contributed by atoms with Gasteiger partial charge < -0.3 is 10.2 Å². The van der Waals surface area contributed by atoms with Crippen LogP contribution < -0.4 is 5.32 Å². The Labute approximate surface area is 97.1 Å². The van der Waals surface area contributed by atoms with Gasteiger partial charge in [0.25, 0.3) is 0 Å². The predicted molar refractivity (Wildman–Crippen MR) is 65.6 cm³/mol. The van der Waals surface area contributed by atoms with Gasteiger partial charge in [0.05, 0.1) is 0 Å². The Morgan fingerprint density at radius 2 is 2.00 bits per heavy atom. The molecule has 1 N–H and O–H groups in total. The molecule has 1 fully saturated rings. The molecule has 4 heteroatoms. The molecule has 0 bridgehead atoms. The Bertz CT molecular complexity index is 356. The van der Waals surface area contributed by atoms with E-state index in [-0.39, 0.29) is 0 Å². The van der Waals surface area contributed by atoms with Crippen molar-refractivity contribution in [1.29, 1.82) is 0 Å². The molecule has 2 heterocycles. The van der Waals surface area contributed by atoms with Crippen molar-refractivity contribution in [2.75, 3.05) is 25.5 Å². The minimum absolute atomic E-state index is 0.526. The Hall–Kier alpha value is -1.16. The van der Waals surface area contributed by atoms with Gasteiger partial charge in [0.2, 0.25) is 5.95 Å². The molecular formula is C12H20N4. The fourth-order valence-electron chi connectivity index (χ4n) is 1.93. The van der Waals surface area contributed by atoms with Crippen molar-refractivity contribution >= 4 is 5.95 Å². The van der Waals surface area contributed by atoms with Gasteiger partial charge in [0.15, 0.2) is 0 Å². The Kier molecular flexibility index (Phi) is 3.39. The molecule has 1 aliphatic rings. The molecule has 1 aliphatic heterocycles. The van der Waals surface area contributed by atoms with E-state index in [4.69, 9.17) is 0 Å². The van der Waals surface area contributed by atoms with Crippen LogP contribution in [0.1, 0.15) is 24.1 Å². The lowest BCUT2D eigenvalue weighted by Gasteiger charge is -2.29. The van der Waals surface area contributed by atoms with Gasteiger partial charge in [-0.3, -0.25) is 0 Å². The highest BCUT2D eigenvalue weighted by Gasteiger charge is 2.17. The molecule has 16 heavy (non-hydrogen) atoms. The van der Waals surface area contributed by atoms with Crippen LogP contribution in [0.3, 0.4) is 0 Å². The molecule has 0 spiro atoms. The molecule has 0 radical (unpaired) electrons. The number of hydrogen-bond acceptors (Lipinski definition) is 4. The molecule has 1 aromatic rings. The Balaban J connectivity index is 1.96. The van der Waals surface area contributed by atoms with Crippen molar-refractivity contribution in [3.8, 4) is 0 Å². The molecule has 88 valence electrons. The van der Waals surface area contributed by atoms with E-state index in [1.807, 2.05) is 20.0 Å². The van der Waals surface area contributed by atoms with Gasteiger partial charge >= 0.3 is 0 Å². The number of nitrogens with one attached hydrogen (secondary N) is 1. The number of likely N-dealkylation sites (tertiary alicyclic amines) is 1. The van der Waals surface area contributed by atoms with E-state index in [0.29, 0.717) is 6.04 Å². The summed E-state index contributed by atoms with van der Waals surface area (Å²) in [5.41, 5.74) is 2.21.